The van der Waals surface area contributed by atoms with E-state index in [-0.39, 0.29) is 11.9 Å². The summed E-state index contributed by atoms with van der Waals surface area (Å²) in [5.74, 6) is 2.22. The summed E-state index contributed by atoms with van der Waals surface area (Å²) >= 11 is 3.38. The summed E-state index contributed by atoms with van der Waals surface area (Å²) in [6.07, 6.45) is 4.71. The number of halogens is 2. The van der Waals surface area contributed by atoms with E-state index in [1.807, 2.05) is 6.07 Å². The van der Waals surface area contributed by atoms with E-state index in [1.54, 1.807) is 6.07 Å². The minimum atomic E-state index is -0.130. The molecule has 0 amide bonds. The Labute approximate surface area is 110 Å². The van der Waals surface area contributed by atoms with Crippen LogP contribution in [0.15, 0.2) is 22.7 Å². The largest absolute Gasteiger partial charge is 0.327 e. The van der Waals surface area contributed by atoms with Crippen LogP contribution in [0.4, 0.5) is 4.39 Å². The first-order valence-electron chi connectivity index (χ1n) is 6.36. The van der Waals surface area contributed by atoms with Gasteiger partial charge in [0.1, 0.15) is 5.82 Å². The highest BCUT2D eigenvalue weighted by atomic mass is 79.9. The standard InChI is InChI=1S/C14H17BrFN/c15-9-4-5-12(16)8(6-9)7-13(17)14-10-2-1-3-11(10)14/h4-6,10-11,13-14H,1-3,7,17H2. The van der Waals surface area contributed by atoms with E-state index in [0.29, 0.717) is 12.3 Å². The molecule has 0 bridgehead atoms. The van der Waals surface area contributed by atoms with Crippen LogP contribution < -0.4 is 5.73 Å². The molecule has 0 aliphatic heterocycles. The van der Waals surface area contributed by atoms with Gasteiger partial charge in [-0.05, 0) is 60.8 Å². The van der Waals surface area contributed by atoms with E-state index < -0.39 is 0 Å². The summed E-state index contributed by atoms with van der Waals surface area (Å²) in [6, 6.07) is 5.23. The molecule has 0 spiro atoms. The molecule has 3 atom stereocenters. The second kappa shape index (κ2) is 4.36. The lowest BCUT2D eigenvalue weighted by molar-refractivity contribution is 0.475. The molecule has 2 aliphatic rings. The number of hydrogen-bond acceptors (Lipinski definition) is 1. The van der Waals surface area contributed by atoms with Crippen molar-refractivity contribution in [3.05, 3.63) is 34.1 Å². The van der Waals surface area contributed by atoms with Gasteiger partial charge in [0.05, 0.1) is 0 Å². The minimum Gasteiger partial charge on any atom is -0.327 e. The Hall–Kier alpha value is -0.410. The van der Waals surface area contributed by atoms with Crippen molar-refractivity contribution in [3.8, 4) is 0 Å². The van der Waals surface area contributed by atoms with Crippen LogP contribution in [0.5, 0.6) is 0 Å². The fourth-order valence-electron chi connectivity index (χ4n) is 3.60. The highest BCUT2D eigenvalue weighted by Crippen LogP contribution is 2.58. The van der Waals surface area contributed by atoms with Crippen molar-refractivity contribution in [2.75, 3.05) is 0 Å². The van der Waals surface area contributed by atoms with E-state index in [4.69, 9.17) is 5.73 Å². The molecule has 3 heteroatoms. The molecule has 1 aromatic rings. The maximum atomic E-state index is 13.6. The second-order valence-electron chi connectivity index (χ2n) is 5.44. The van der Waals surface area contributed by atoms with Gasteiger partial charge in [0.2, 0.25) is 0 Å². The summed E-state index contributed by atoms with van der Waals surface area (Å²) in [4.78, 5) is 0. The predicted octanol–water partition coefficient (Wildman–Crippen LogP) is 3.50. The van der Waals surface area contributed by atoms with Gasteiger partial charge in [-0.25, -0.2) is 4.39 Å². The molecule has 0 heterocycles. The number of benzene rings is 1. The molecule has 1 aromatic carbocycles. The topological polar surface area (TPSA) is 26.0 Å². The van der Waals surface area contributed by atoms with Crippen molar-refractivity contribution < 1.29 is 4.39 Å². The maximum Gasteiger partial charge on any atom is 0.126 e. The Bertz CT molecular complexity index is 424. The smallest absolute Gasteiger partial charge is 0.126 e. The molecular formula is C14H17BrFN. The number of hydrogen-bond donors (Lipinski definition) is 1. The molecule has 3 rings (SSSR count). The van der Waals surface area contributed by atoms with Crippen LogP contribution in [0.2, 0.25) is 0 Å². The highest BCUT2D eigenvalue weighted by molar-refractivity contribution is 9.10. The third kappa shape index (κ3) is 2.15. The predicted molar refractivity (Wildman–Crippen MR) is 70.1 cm³/mol. The summed E-state index contributed by atoms with van der Waals surface area (Å²) in [5, 5.41) is 0. The van der Waals surface area contributed by atoms with Gasteiger partial charge in [-0.1, -0.05) is 22.4 Å². The van der Waals surface area contributed by atoms with Gasteiger partial charge in [-0.15, -0.1) is 0 Å². The molecule has 3 unspecified atom stereocenters. The van der Waals surface area contributed by atoms with E-state index in [9.17, 15) is 4.39 Å². The minimum absolute atomic E-state index is 0.130. The molecule has 17 heavy (non-hydrogen) atoms. The summed E-state index contributed by atoms with van der Waals surface area (Å²) in [5.41, 5.74) is 6.99. The van der Waals surface area contributed by atoms with Gasteiger partial charge in [0.25, 0.3) is 0 Å². The third-order valence-corrected chi connectivity index (χ3v) is 4.92. The Balaban J connectivity index is 1.68. The van der Waals surface area contributed by atoms with Crippen LogP contribution in [0.3, 0.4) is 0 Å². The Morgan fingerprint density at radius 3 is 2.76 bits per heavy atom. The SMILES string of the molecule is NC(Cc1cc(Br)ccc1F)C1C2CCCC21. The van der Waals surface area contributed by atoms with Crippen LogP contribution >= 0.6 is 15.9 Å². The highest BCUT2D eigenvalue weighted by Gasteiger charge is 2.54. The van der Waals surface area contributed by atoms with Gasteiger partial charge >= 0.3 is 0 Å². The number of rotatable bonds is 3. The normalized spacial score (nSPS) is 32.3. The van der Waals surface area contributed by atoms with Gasteiger partial charge in [-0.2, -0.15) is 0 Å². The van der Waals surface area contributed by atoms with Crippen LogP contribution in [0, 0.1) is 23.6 Å². The lowest BCUT2D eigenvalue weighted by Crippen LogP contribution is -2.27. The maximum absolute atomic E-state index is 13.6. The van der Waals surface area contributed by atoms with Crippen molar-refractivity contribution >= 4 is 15.9 Å². The van der Waals surface area contributed by atoms with Gasteiger partial charge in [0, 0.05) is 10.5 Å². The van der Waals surface area contributed by atoms with Gasteiger partial charge < -0.3 is 5.73 Å². The molecule has 2 fully saturated rings. The monoisotopic (exact) mass is 297 g/mol. The average molecular weight is 298 g/mol. The fraction of sp³-hybridized carbons (Fsp3) is 0.571. The van der Waals surface area contributed by atoms with Crippen molar-refractivity contribution in [2.45, 2.75) is 31.7 Å². The first-order valence-corrected chi connectivity index (χ1v) is 7.15. The van der Waals surface area contributed by atoms with Crippen molar-refractivity contribution in [1.29, 1.82) is 0 Å². The zero-order chi connectivity index (χ0) is 12.0. The third-order valence-electron chi connectivity index (χ3n) is 4.43. The molecular weight excluding hydrogens is 281 g/mol. The molecule has 1 nitrogen and oxygen atoms in total. The molecule has 2 saturated carbocycles. The van der Waals surface area contributed by atoms with Gasteiger partial charge in [-0.3, -0.25) is 0 Å². The lowest BCUT2D eigenvalue weighted by Gasteiger charge is -2.14. The van der Waals surface area contributed by atoms with Crippen LogP contribution in [0.1, 0.15) is 24.8 Å². The zero-order valence-electron chi connectivity index (χ0n) is 9.70. The zero-order valence-corrected chi connectivity index (χ0v) is 11.3. The van der Waals surface area contributed by atoms with Gasteiger partial charge in [0.15, 0.2) is 0 Å². The van der Waals surface area contributed by atoms with Crippen molar-refractivity contribution in [1.82, 2.24) is 0 Å². The Morgan fingerprint density at radius 1 is 1.35 bits per heavy atom. The Morgan fingerprint density at radius 2 is 2.06 bits per heavy atom. The van der Waals surface area contributed by atoms with Crippen LogP contribution in [-0.2, 0) is 6.42 Å². The molecule has 92 valence electrons. The lowest BCUT2D eigenvalue weighted by atomic mass is 9.98. The summed E-state index contributed by atoms with van der Waals surface area (Å²) < 4.78 is 14.6. The molecule has 2 N–H and O–H groups in total. The molecule has 0 aromatic heterocycles. The molecule has 2 aliphatic carbocycles. The van der Waals surface area contributed by atoms with E-state index >= 15 is 0 Å². The van der Waals surface area contributed by atoms with Crippen molar-refractivity contribution in [3.63, 3.8) is 0 Å². The van der Waals surface area contributed by atoms with E-state index in [2.05, 4.69) is 15.9 Å². The molecule has 0 radical (unpaired) electrons. The first kappa shape index (κ1) is 11.7. The number of nitrogens with two attached hydrogens (primary N) is 1. The second-order valence-corrected chi connectivity index (χ2v) is 6.36. The summed E-state index contributed by atoms with van der Waals surface area (Å²) in [6.45, 7) is 0. The van der Waals surface area contributed by atoms with Crippen molar-refractivity contribution in [2.24, 2.45) is 23.5 Å². The fourth-order valence-corrected chi connectivity index (χ4v) is 4.01. The van der Waals surface area contributed by atoms with Crippen LogP contribution in [0.25, 0.3) is 0 Å². The van der Waals surface area contributed by atoms with E-state index in [1.165, 1.54) is 25.3 Å². The van der Waals surface area contributed by atoms with Crippen LogP contribution in [-0.4, -0.2) is 6.04 Å². The van der Waals surface area contributed by atoms with E-state index in [0.717, 1.165) is 21.9 Å². The first-order chi connectivity index (χ1) is 8.16. The number of fused-ring (bicyclic) bond motifs is 1. The quantitative estimate of drug-likeness (QED) is 0.908. The molecule has 0 saturated heterocycles. The summed E-state index contributed by atoms with van der Waals surface area (Å²) in [7, 11) is 0. The average Bonchev–Trinajstić information content (AvgIpc) is 2.78. The Kier molecular flexibility index (Phi) is 2.99.